The number of carbonyl (C=O) groups excluding carboxylic acids is 1. The first-order valence-electron chi connectivity index (χ1n) is 6.61. The van der Waals surface area contributed by atoms with Crippen LogP contribution in [0.5, 0.6) is 0 Å². The zero-order valence-electron chi connectivity index (χ0n) is 11.1. The molecule has 3 heteroatoms. The lowest BCUT2D eigenvalue weighted by Gasteiger charge is -2.23. The van der Waals surface area contributed by atoms with Crippen molar-refractivity contribution in [2.75, 3.05) is 13.1 Å². The predicted molar refractivity (Wildman–Crippen MR) is 78.0 cm³/mol. The van der Waals surface area contributed by atoms with Gasteiger partial charge in [0.1, 0.15) is 0 Å². The van der Waals surface area contributed by atoms with Crippen LogP contribution in [0, 0.1) is 0 Å². The zero-order chi connectivity index (χ0) is 13.7. The Morgan fingerprint density at radius 2 is 2.00 bits per heavy atom. The molecule has 1 N–H and O–H groups in total. The van der Waals surface area contributed by atoms with E-state index in [0.717, 1.165) is 12.8 Å². The van der Waals surface area contributed by atoms with Crippen LogP contribution in [-0.2, 0) is 6.42 Å². The first kappa shape index (κ1) is 13.4. The second kappa shape index (κ2) is 6.23. The molecule has 0 saturated heterocycles. The van der Waals surface area contributed by atoms with E-state index in [-0.39, 0.29) is 12.1 Å². The summed E-state index contributed by atoms with van der Waals surface area (Å²) in [5, 5.41) is 3.10. The van der Waals surface area contributed by atoms with Crippen molar-refractivity contribution < 1.29 is 4.79 Å². The average Bonchev–Trinajstić information content (AvgIpc) is 2.82. The topological polar surface area (TPSA) is 32.3 Å². The smallest absolute Gasteiger partial charge is 0.318 e. The molecule has 1 aliphatic carbocycles. The maximum atomic E-state index is 12.2. The molecule has 0 bridgehead atoms. The molecule has 1 atom stereocenters. The van der Waals surface area contributed by atoms with E-state index in [9.17, 15) is 4.79 Å². The summed E-state index contributed by atoms with van der Waals surface area (Å²) in [6.07, 6.45) is 5.46. The fourth-order valence-electron chi connectivity index (χ4n) is 2.50. The van der Waals surface area contributed by atoms with Crippen molar-refractivity contribution in [2.24, 2.45) is 0 Å². The van der Waals surface area contributed by atoms with Gasteiger partial charge in [-0.05, 0) is 24.0 Å². The number of nitrogens with one attached hydrogen (secondary N) is 1. The van der Waals surface area contributed by atoms with Crippen molar-refractivity contribution in [1.29, 1.82) is 0 Å². The summed E-state index contributed by atoms with van der Waals surface area (Å²) in [5.41, 5.74) is 2.58. The van der Waals surface area contributed by atoms with Crippen LogP contribution in [0.25, 0.3) is 0 Å². The molecule has 1 aromatic rings. The molecule has 0 saturated carbocycles. The summed E-state index contributed by atoms with van der Waals surface area (Å²) in [7, 11) is 0. The van der Waals surface area contributed by atoms with Gasteiger partial charge in [0.2, 0.25) is 0 Å². The number of benzene rings is 1. The Morgan fingerprint density at radius 1 is 1.32 bits per heavy atom. The van der Waals surface area contributed by atoms with Crippen LogP contribution in [0.3, 0.4) is 0 Å². The number of amides is 2. The number of hydrogen-bond acceptors (Lipinski definition) is 1. The minimum atomic E-state index is -0.0542. The SMILES string of the molecule is C=CCN(CC=C)C(=O)NC1CCc2ccccc21. The molecule has 1 aliphatic rings. The van der Waals surface area contributed by atoms with Crippen molar-refractivity contribution >= 4 is 6.03 Å². The van der Waals surface area contributed by atoms with Gasteiger partial charge >= 0.3 is 6.03 Å². The third kappa shape index (κ3) is 3.05. The Hall–Kier alpha value is -2.03. The molecule has 3 nitrogen and oxygen atoms in total. The number of aryl methyl sites for hydroxylation is 1. The van der Waals surface area contributed by atoms with Crippen LogP contribution in [-0.4, -0.2) is 24.0 Å². The van der Waals surface area contributed by atoms with E-state index in [2.05, 4.69) is 30.6 Å². The third-order valence-electron chi connectivity index (χ3n) is 3.42. The van der Waals surface area contributed by atoms with Gasteiger partial charge in [-0.1, -0.05) is 36.4 Å². The molecule has 0 spiro atoms. The van der Waals surface area contributed by atoms with Gasteiger partial charge in [-0.2, -0.15) is 0 Å². The molecule has 1 aromatic carbocycles. The molecule has 0 aromatic heterocycles. The molecule has 0 radical (unpaired) electrons. The van der Waals surface area contributed by atoms with Crippen molar-refractivity contribution in [3.63, 3.8) is 0 Å². The summed E-state index contributed by atoms with van der Waals surface area (Å²) >= 11 is 0. The van der Waals surface area contributed by atoms with Gasteiger partial charge in [0.15, 0.2) is 0 Å². The molecular formula is C16H20N2O. The maximum absolute atomic E-state index is 12.2. The molecule has 1 unspecified atom stereocenters. The molecule has 100 valence electrons. The van der Waals surface area contributed by atoms with Crippen LogP contribution in [0.15, 0.2) is 49.6 Å². The Balaban J connectivity index is 2.03. The molecule has 19 heavy (non-hydrogen) atoms. The fraction of sp³-hybridized carbons (Fsp3) is 0.312. The Labute approximate surface area is 114 Å². The Bertz CT molecular complexity index is 471. The van der Waals surface area contributed by atoms with E-state index in [0.29, 0.717) is 13.1 Å². The van der Waals surface area contributed by atoms with Crippen LogP contribution in [0.4, 0.5) is 4.79 Å². The summed E-state index contributed by atoms with van der Waals surface area (Å²) in [6, 6.07) is 8.37. The van der Waals surface area contributed by atoms with E-state index >= 15 is 0 Å². The quantitative estimate of drug-likeness (QED) is 0.807. The lowest BCUT2D eigenvalue weighted by Crippen LogP contribution is -2.41. The van der Waals surface area contributed by atoms with E-state index in [1.807, 2.05) is 12.1 Å². The summed E-state index contributed by atoms with van der Waals surface area (Å²) in [4.78, 5) is 13.9. The number of nitrogens with zero attached hydrogens (tertiary/aromatic N) is 1. The molecule has 2 amide bonds. The van der Waals surface area contributed by atoms with E-state index in [1.54, 1.807) is 17.1 Å². The van der Waals surface area contributed by atoms with Crippen molar-refractivity contribution in [1.82, 2.24) is 10.2 Å². The zero-order valence-corrected chi connectivity index (χ0v) is 11.1. The lowest BCUT2D eigenvalue weighted by atomic mass is 10.1. The Kier molecular flexibility index (Phi) is 4.39. The maximum Gasteiger partial charge on any atom is 0.318 e. The first-order chi connectivity index (χ1) is 9.26. The minimum Gasteiger partial charge on any atom is -0.331 e. The van der Waals surface area contributed by atoms with Gasteiger partial charge < -0.3 is 10.2 Å². The molecular weight excluding hydrogens is 236 g/mol. The van der Waals surface area contributed by atoms with Crippen LogP contribution in [0.2, 0.25) is 0 Å². The molecule has 0 aliphatic heterocycles. The van der Waals surface area contributed by atoms with Gasteiger partial charge in [-0.3, -0.25) is 0 Å². The average molecular weight is 256 g/mol. The number of urea groups is 1. The van der Waals surface area contributed by atoms with E-state index < -0.39 is 0 Å². The highest BCUT2D eigenvalue weighted by Gasteiger charge is 2.24. The number of hydrogen-bond donors (Lipinski definition) is 1. The normalized spacial score (nSPS) is 16.5. The van der Waals surface area contributed by atoms with Gasteiger partial charge in [-0.15, -0.1) is 13.2 Å². The van der Waals surface area contributed by atoms with Crippen molar-refractivity contribution in [3.8, 4) is 0 Å². The summed E-state index contributed by atoms with van der Waals surface area (Å²) in [5.74, 6) is 0. The predicted octanol–water partition coefficient (Wildman–Crippen LogP) is 3.06. The lowest BCUT2D eigenvalue weighted by molar-refractivity contribution is 0.204. The van der Waals surface area contributed by atoms with Gasteiger partial charge in [-0.25, -0.2) is 4.79 Å². The van der Waals surface area contributed by atoms with Crippen molar-refractivity contribution in [2.45, 2.75) is 18.9 Å². The third-order valence-corrected chi connectivity index (χ3v) is 3.42. The highest BCUT2D eigenvalue weighted by molar-refractivity contribution is 5.75. The van der Waals surface area contributed by atoms with Gasteiger partial charge in [0.05, 0.1) is 6.04 Å². The van der Waals surface area contributed by atoms with Gasteiger partial charge in [0.25, 0.3) is 0 Å². The van der Waals surface area contributed by atoms with E-state index in [1.165, 1.54) is 11.1 Å². The second-order valence-electron chi connectivity index (χ2n) is 4.72. The van der Waals surface area contributed by atoms with Crippen LogP contribution < -0.4 is 5.32 Å². The molecule has 0 fully saturated rings. The number of fused-ring (bicyclic) bond motifs is 1. The van der Waals surface area contributed by atoms with Crippen molar-refractivity contribution in [3.05, 3.63) is 60.7 Å². The van der Waals surface area contributed by atoms with Gasteiger partial charge in [0, 0.05) is 13.1 Å². The van der Waals surface area contributed by atoms with Crippen LogP contribution in [0.1, 0.15) is 23.6 Å². The molecule has 2 rings (SSSR count). The highest BCUT2D eigenvalue weighted by Crippen LogP contribution is 2.30. The summed E-state index contributed by atoms with van der Waals surface area (Å²) in [6.45, 7) is 8.42. The number of carbonyl (C=O) groups is 1. The second-order valence-corrected chi connectivity index (χ2v) is 4.72. The number of rotatable bonds is 5. The standard InChI is InChI=1S/C16H20N2O/c1-3-11-18(12-4-2)16(19)17-15-10-9-13-7-5-6-8-14(13)15/h3-8,15H,1-2,9-12H2,(H,17,19). The highest BCUT2D eigenvalue weighted by atomic mass is 16.2. The minimum absolute atomic E-state index is 0.0542. The van der Waals surface area contributed by atoms with Crippen LogP contribution >= 0.6 is 0 Å². The van der Waals surface area contributed by atoms with E-state index in [4.69, 9.17) is 0 Å². The molecule has 0 heterocycles. The summed E-state index contributed by atoms with van der Waals surface area (Å²) < 4.78 is 0. The monoisotopic (exact) mass is 256 g/mol. The largest absolute Gasteiger partial charge is 0.331 e. The first-order valence-corrected chi connectivity index (χ1v) is 6.61. The fourth-order valence-corrected chi connectivity index (χ4v) is 2.50. The Morgan fingerprint density at radius 3 is 2.68 bits per heavy atom.